The molecule has 88 valence electrons. The minimum Gasteiger partial charge on any atom is -0.314 e. The first-order valence-corrected chi connectivity index (χ1v) is 5.42. The molecule has 2 aliphatic heterocycles. The number of likely N-dealkylation sites (N-methyl/N-ethyl adjacent to an activating group) is 1. The maximum Gasteiger partial charge on any atom is 0.138 e. The fraction of sp³-hybridized carbons (Fsp3) is 0.286. The van der Waals surface area contributed by atoms with E-state index in [0.29, 0.717) is 0 Å². The summed E-state index contributed by atoms with van der Waals surface area (Å²) < 4.78 is 0. The molecule has 0 unspecified atom stereocenters. The van der Waals surface area contributed by atoms with E-state index in [1.54, 1.807) is 0 Å². The lowest BCUT2D eigenvalue weighted by atomic mass is 10.0. The first-order valence-electron chi connectivity index (χ1n) is 5.42. The van der Waals surface area contributed by atoms with Gasteiger partial charge in [-0.2, -0.15) is 0 Å². The highest BCUT2D eigenvalue weighted by Gasteiger charge is 2.28. The molecular formula is C14H17N3. The Labute approximate surface area is 103 Å². The third kappa shape index (κ3) is 2.21. The maximum atomic E-state index is 4.43. The normalized spacial score (nSPS) is 22.5. The molecular weight excluding hydrogens is 210 g/mol. The largest absolute Gasteiger partial charge is 0.314 e. The molecule has 3 heteroatoms. The van der Waals surface area contributed by atoms with Gasteiger partial charge in [0.2, 0.25) is 0 Å². The predicted molar refractivity (Wildman–Crippen MR) is 74.0 cm³/mol. The zero-order valence-electron chi connectivity index (χ0n) is 10.5. The summed E-state index contributed by atoms with van der Waals surface area (Å²) in [4.78, 5) is 10.8. The van der Waals surface area contributed by atoms with Crippen LogP contribution in [0.5, 0.6) is 0 Å². The molecule has 0 spiro atoms. The van der Waals surface area contributed by atoms with Crippen LogP contribution >= 0.6 is 0 Å². The summed E-state index contributed by atoms with van der Waals surface area (Å²) in [6.07, 6.45) is 17.0. The number of amidine groups is 1. The van der Waals surface area contributed by atoms with Crippen molar-refractivity contribution in [2.24, 2.45) is 9.98 Å². The minimum absolute atomic E-state index is 0.929. The molecule has 2 rings (SSSR count). The third-order valence-corrected chi connectivity index (χ3v) is 2.71. The van der Waals surface area contributed by atoms with Crippen LogP contribution < -0.4 is 0 Å². The quantitative estimate of drug-likeness (QED) is 0.584. The second-order valence-electron chi connectivity index (χ2n) is 3.52. The van der Waals surface area contributed by atoms with Gasteiger partial charge < -0.3 is 4.90 Å². The molecule has 0 aliphatic carbocycles. The summed E-state index contributed by atoms with van der Waals surface area (Å²) in [5.41, 5.74) is 2.48. The summed E-state index contributed by atoms with van der Waals surface area (Å²) in [6.45, 7) is 2.04. The molecule has 0 saturated carbocycles. The summed E-state index contributed by atoms with van der Waals surface area (Å²) >= 11 is 0. The van der Waals surface area contributed by atoms with Crippen molar-refractivity contribution in [1.82, 2.24) is 4.90 Å². The Morgan fingerprint density at radius 1 is 1.47 bits per heavy atom. The van der Waals surface area contributed by atoms with E-state index in [9.17, 15) is 0 Å². The monoisotopic (exact) mass is 227 g/mol. The molecule has 0 aromatic carbocycles. The van der Waals surface area contributed by atoms with Crippen molar-refractivity contribution in [3.63, 3.8) is 0 Å². The SMILES string of the molecule is C#C.C/C=C1\C(=NC)N(C)C2=C1CC=CC=N2. The van der Waals surface area contributed by atoms with E-state index in [-0.39, 0.29) is 0 Å². The summed E-state index contributed by atoms with van der Waals surface area (Å²) in [5, 5.41) is 0. The Bertz CT molecular complexity index is 459. The van der Waals surface area contributed by atoms with Gasteiger partial charge in [0.15, 0.2) is 0 Å². The Morgan fingerprint density at radius 3 is 2.76 bits per heavy atom. The molecule has 0 aromatic rings. The van der Waals surface area contributed by atoms with Gasteiger partial charge >= 0.3 is 0 Å². The second-order valence-corrected chi connectivity index (χ2v) is 3.52. The molecule has 0 atom stereocenters. The zero-order valence-corrected chi connectivity index (χ0v) is 10.5. The number of allylic oxidation sites excluding steroid dienone is 3. The molecule has 17 heavy (non-hydrogen) atoms. The molecule has 0 saturated heterocycles. The van der Waals surface area contributed by atoms with Crippen LogP contribution in [0.3, 0.4) is 0 Å². The van der Waals surface area contributed by atoms with E-state index in [1.165, 1.54) is 11.1 Å². The van der Waals surface area contributed by atoms with Crippen molar-refractivity contribution in [3.05, 3.63) is 35.2 Å². The van der Waals surface area contributed by atoms with E-state index in [0.717, 1.165) is 18.1 Å². The van der Waals surface area contributed by atoms with Crippen LogP contribution in [0.2, 0.25) is 0 Å². The van der Waals surface area contributed by atoms with Gasteiger partial charge in [-0.3, -0.25) is 4.99 Å². The standard InChI is InChI=1S/C12H15N3.C2H2/c1-4-9-10-7-5-6-8-14-12(10)15(3)11(9)13-2;1-2/h4-6,8H,7H2,1-3H3;1-2H/b9-4-,13-11?;. The highest BCUT2D eigenvalue weighted by molar-refractivity contribution is 6.06. The number of aliphatic imine (C=N–C) groups is 2. The Kier molecular flexibility index (Phi) is 4.47. The van der Waals surface area contributed by atoms with E-state index < -0.39 is 0 Å². The van der Waals surface area contributed by atoms with Crippen LogP contribution in [-0.4, -0.2) is 31.0 Å². The van der Waals surface area contributed by atoms with Gasteiger partial charge in [0.25, 0.3) is 0 Å². The summed E-state index contributed by atoms with van der Waals surface area (Å²) in [7, 11) is 3.83. The number of hydrogen-bond acceptors (Lipinski definition) is 2. The number of nitrogens with zero attached hydrogens (tertiary/aromatic N) is 3. The first-order chi connectivity index (χ1) is 8.29. The van der Waals surface area contributed by atoms with Gasteiger partial charge in [0, 0.05) is 31.5 Å². The smallest absolute Gasteiger partial charge is 0.138 e. The van der Waals surface area contributed by atoms with E-state index in [1.807, 2.05) is 38.2 Å². The molecule has 0 fully saturated rings. The summed E-state index contributed by atoms with van der Waals surface area (Å²) in [6, 6.07) is 0. The van der Waals surface area contributed by atoms with Crippen LogP contribution in [0.4, 0.5) is 0 Å². The van der Waals surface area contributed by atoms with Crippen LogP contribution in [0.15, 0.2) is 45.2 Å². The lowest BCUT2D eigenvalue weighted by Crippen LogP contribution is -2.20. The van der Waals surface area contributed by atoms with Crippen molar-refractivity contribution in [2.75, 3.05) is 14.1 Å². The van der Waals surface area contributed by atoms with E-state index >= 15 is 0 Å². The fourth-order valence-electron chi connectivity index (χ4n) is 2.04. The maximum absolute atomic E-state index is 4.43. The Morgan fingerprint density at radius 2 is 2.18 bits per heavy atom. The van der Waals surface area contributed by atoms with Crippen LogP contribution in [-0.2, 0) is 0 Å². The third-order valence-electron chi connectivity index (χ3n) is 2.71. The van der Waals surface area contributed by atoms with Gasteiger partial charge in [-0.15, -0.1) is 12.8 Å². The molecule has 0 amide bonds. The lowest BCUT2D eigenvalue weighted by molar-refractivity contribution is 0.630. The van der Waals surface area contributed by atoms with Crippen LogP contribution in [0, 0.1) is 12.8 Å². The minimum atomic E-state index is 0.929. The Balaban J connectivity index is 0.000000686. The molecule has 2 aliphatic rings. The van der Waals surface area contributed by atoms with Crippen LogP contribution in [0.25, 0.3) is 0 Å². The number of terminal acetylenes is 1. The average Bonchev–Trinajstić information content (AvgIpc) is 2.55. The highest BCUT2D eigenvalue weighted by Crippen LogP contribution is 2.32. The van der Waals surface area contributed by atoms with E-state index in [2.05, 4.69) is 35.0 Å². The lowest BCUT2D eigenvalue weighted by Gasteiger charge is -2.13. The molecule has 0 radical (unpaired) electrons. The predicted octanol–water partition coefficient (Wildman–Crippen LogP) is 2.40. The fourth-order valence-corrected chi connectivity index (χ4v) is 2.04. The van der Waals surface area contributed by atoms with Gasteiger partial charge in [-0.05, 0) is 19.4 Å². The Hall–Kier alpha value is -2.08. The van der Waals surface area contributed by atoms with Gasteiger partial charge in [0.05, 0.1) is 0 Å². The molecule has 3 nitrogen and oxygen atoms in total. The zero-order chi connectivity index (χ0) is 12.8. The van der Waals surface area contributed by atoms with Crippen molar-refractivity contribution in [1.29, 1.82) is 0 Å². The number of hydrogen-bond donors (Lipinski definition) is 0. The highest BCUT2D eigenvalue weighted by atomic mass is 15.3. The van der Waals surface area contributed by atoms with Gasteiger partial charge in [0.1, 0.15) is 11.7 Å². The molecule has 0 aromatic heterocycles. The molecule has 2 heterocycles. The van der Waals surface area contributed by atoms with Crippen molar-refractivity contribution in [2.45, 2.75) is 13.3 Å². The van der Waals surface area contributed by atoms with Crippen molar-refractivity contribution in [3.8, 4) is 12.8 Å². The van der Waals surface area contributed by atoms with Crippen LogP contribution in [0.1, 0.15) is 13.3 Å². The number of rotatable bonds is 0. The molecule has 0 N–H and O–H groups in total. The summed E-state index contributed by atoms with van der Waals surface area (Å²) in [5.74, 6) is 2.03. The average molecular weight is 227 g/mol. The van der Waals surface area contributed by atoms with E-state index in [4.69, 9.17) is 0 Å². The van der Waals surface area contributed by atoms with Crippen molar-refractivity contribution >= 4 is 12.1 Å². The second kappa shape index (κ2) is 5.86. The first kappa shape index (κ1) is 13.0. The molecule has 0 bridgehead atoms. The van der Waals surface area contributed by atoms with Gasteiger partial charge in [-0.1, -0.05) is 12.2 Å². The van der Waals surface area contributed by atoms with Gasteiger partial charge in [-0.25, -0.2) is 4.99 Å². The van der Waals surface area contributed by atoms with Crippen molar-refractivity contribution < 1.29 is 0 Å². The topological polar surface area (TPSA) is 28.0 Å².